The lowest BCUT2D eigenvalue weighted by Gasteiger charge is -2.48. The van der Waals surface area contributed by atoms with Gasteiger partial charge in [-0.15, -0.1) is 0 Å². The van der Waals surface area contributed by atoms with E-state index >= 15 is 0 Å². The second-order valence-electron chi connectivity index (χ2n) is 5.57. The third-order valence-corrected chi connectivity index (χ3v) is 4.11. The summed E-state index contributed by atoms with van der Waals surface area (Å²) in [6.07, 6.45) is 1.11. The first kappa shape index (κ1) is 12.3. The predicted octanol–water partition coefficient (Wildman–Crippen LogP) is -0.343. The molecule has 0 aromatic rings. The quantitative estimate of drug-likeness (QED) is 0.711. The van der Waals surface area contributed by atoms with Crippen LogP contribution in [0.5, 0.6) is 0 Å². The maximum Gasteiger partial charge on any atom is 0.0409 e. The van der Waals surface area contributed by atoms with Crippen molar-refractivity contribution in [2.45, 2.75) is 18.9 Å². The molecular formula is C12H26N4. The fourth-order valence-electron chi connectivity index (χ4n) is 2.58. The second-order valence-corrected chi connectivity index (χ2v) is 5.57. The normalized spacial score (nSPS) is 27.9. The van der Waals surface area contributed by atoms with E-state index in [4.69, 9.17) is 5.73 Å². The van der Waals surface area contributed by atoms with Crippen molar-refractivity contribution in [1.29, 1.82) is 0 Å². The van der Waals surface area contributed by atoms with Crippen LogP contribution < -0.4 is 5.73 Å². The first-order chi connectivity index (χ1) is 7.61. The molecule has 0 radical (unpaired) electrons. The summed E-state index contributed by atoms with van der Waals surface area (Å²) in [5, 5.41) is 0. The minimum absolute atomic E-state index is 0.127. The van der Waals surface area contributed by atoms with Crippen molar-refractivity contribution in [3.05, 3.63) is 0 Å². The predicted molar refractivity (Wildman–Crippen MR) is 67.6 cm³/mol. The van der Waals surface area contributed by atoms with E-state index in [0.29, 0.717) is 0 Å². The Labute approximate surface area is 99.4 Å². The van der Waals surface area contributed by atoms with E-state index in [1.54, 1.807) is 0 Å². The summed E-state index contributed by atoms with van der Waals surface area (Å²) in [7, 11) is 2.21. The summed E-state index contributed by atoms with van der Waals surface area (Å²) in [4.78, 5) is 7.46. The molecule has 2 saturated heterocycles. The number of likely N-dealkylation sites (tertiary alicyclic amines) is 1. The Hall–Kier alpha value is -0.160. The number of likely N-dealkylation sites (N-methyl/N-ethyl adjacent to an activating group) is 1. The Kier molecular flexibility index (Phi) is 3.85. The lowest BCUT2D eigenvalue weighted by atomic mass is 9.88. The minimum atomic E-state index is 0.127. The molecule has 2 N–H and O–H groups in total. The maximum absolute atomic E-state index is 6.16. The average Bonchev–Trinajstić information content (AvgIpc) is 2.25. The molecule has 0 unspecified atom stereocenters. The van der Waals surface area contributed by atoms with Crippen molar-refractivity contribution in [2.75, 3.05) is 59.4 Å². The summed E-state index contributed by atoms with van der Waals surface area (Å²) in [5.74, 6) is 0. The molecule has 0 saturated carbocycles. The first-order valence-electron chi connectivity index (χ1n) is 6.53. The SMILES string of the molecule is CCC1(N)CN(CCN2CCN(C)CC2)C1. The topological polar surface area (TPSA) is 35.7 Å². The second kappa shape index (κ2) is 5.00. The number of nitrogens with two attached hydrogens (primary N) is 1. The number of hydrogen-bond donors (Lipinski definition) is 1. The smallest absolute Gasteiger partial charge is 0.0409 e. The Bertz CT molecular complexity index is 217. The highest BCUT2D eigenvalue weighted by molar-refractivity contribution is 4.98. The van der Waals surface area contributed by atoms with Gasteiger partial charge in [0.05, 0.1) is 0 Å². The van der Waals surface area contributed by atoms with Gasteiger partial charge >= 0.3 is 0 Å². The highest BCUT2D eigenvalue weighted by atomic mass is 15.3. The van der Waals surface area contributed by atoms with Gasteiger partial charge in [0.1, 0.15) is 0 Å². The fourth-order valence-corrected chi connectivity index (χ4v) is 2.58. The molecule has 0 amide bonds. The van der Waals surface area contributed by atoms with Crippen molar-refractivity contribution in [3.63, 3.8) is 0 Å². The maximum atomic E-state index is 6.16. The van der Waals surface area contributed by atoms with Crippen LogP contribution in [0.2, 0.25) is 0 Å². The van der Waals surface area contributed by atoms with E-state index < -0.39 is 0 Å². The van der Waals surface area contributed by atoms with Gasteiger partial charge in [0.2, 0.25) is 0 Å². The minimum Gasteiger partial charge on any atom is -0.323 e. The number of hydrogen-bond acceptors (Lipinski definition) is 4. The van der Waals surface area contributed by atoms with Crippen molar-refractivity contribution >= 4 is 0 Å². The molecular weight excluding hydrogens is 200 g/mol. The van der Waals surface area contributed by atoms with Crippen molar-refractivity contribution < 1.29 is 0 Å². The van der Waals surface area contributed by atoms with Gasteiger partial charge in [-0.3, -0.25) is 9.80 Å². The van der Waals surface area contributed by atoms with E-state index in [-0.39, 0.29) is 5.54 Å². The molecule has 2 heterocycles. The van der Waals surface area contributed by atoms with Gasteiger partial charge in [0.15, 0.2) is 0 Å². The van der Waals surface area contributed by atoms with Crippen molar-refractivity contribution in [2.24, 2.45) is 5.73 Å². The summed E-state index contributed by atoms with van der Waals surface area (Å²) in [6, 6.07) is 0. The Morgan fingerprint density at radius 1 is 1.00 bits per heavy atom. The largest absolute Gasteiger partial charge is 0.323 e. The molecule has 2 fully saturated rings. The molecule has 0 spiro atoms. The van der Waals surface area contributed by atoms with Crippen LogP contribution in [0.1, 0.15) is 13.3 Å². The summed E-state index contributed by atoms with van der Waals surface area (Å²) < 4.78 is 0. The number of nitrogens with zero attached hydrogens (tertiary/aromatic N) is 3. The molecule has 0 aliphatic carbocycles. The standard InChI is InChI=1S/C12H26N4/c1-3-12(13)10-16(11-12)9-8-15-6-4-14(2)5-7-15/h3-11,13H2,1-2H3. The summed E-state index contributed by atoms with van der Waals surface area (Å²) >= 11 is 0. The van der Waals surface area contributed by atoms with Crippen LogP contribution >= 0.6 is 0 Å². The molecule has 4 nitrogen and oxygen atoms in total. The molecule has 0 aromatic carbocycles. The van der Waals surface area contributed by atoms with E-state index in [9.17, 15) is 0 Å². The highest BCUT2D eigenvalue weighted by Gasteiger charge is 2.37. The molecule has 0 aromatic heterocycles. The average molecular weight is 226 g/mol. The summed E-state index contributed by atoms with van der Waals surface area (Å²) in [5.41, 5.74) is 6.28. The third-order valence-electron chi connectivity index (χ3n) is 4.11. The molecule has 0 atom stereocenters. The van der Waals surface area contributed by atoms with Gasteiger partial charge in [-0.25, -0.2) is 0 Å². The Balaban J connectivity index is 1.59. The van der Waals surface area contributed by atoms with Crippen molar-refractivity contribution in [3.8, 4) is 0 Å². The van der Waals surface area contributed by atoms with Gasteiger partial charge in [-0.05, 0) is 13.5 Å². The van der Waals surface area contributed by atoms with Crippen LogP contribution in [0.15, 0.2) is 0 Å². The Morgan fingerprint density at radius 3 is 2.12 bits per heavy atom. The zero-order valence-corrected chi connectivity index (χ0v) is 10.8. The molecule has 16 heavy (non-hydrogen) atoms. The van der Waals surface area contributed by atoms with Gasteiger partial charge in [0.25, 0.3) is 0 Å². The van der Waals surface area contributed by atoms with Gasteiger partial charge in [-0.1, -0.05) is 6.92 Å². The Morgan fingerprint density at radius 2 is 1.56 bits per heavy atom. The summed E-state index contributed by atoms with van der Waals surface area (Å²) in [6.45, 7) is 11.7. The molecule has 2 aliphatic heterocycles. The zero-order valence-electron chi connectivity index (χ0n) is 10.8. The van der Waals surface area contributed by atoms with Crippen LogP contribution in [0, 0.1) is 0 Å². The monoisotopic (exact) mass is 226 g/mol. The molecule has 0 bridgehead atoms. The van der Waals surface area contributed by atoms with Crippen molar-refractivity contribution in [1.82, 2.24) is 14.7 Å². The lowest BCUT2D eigenvalue weighted by Crippen LogP contribution is -2.67. The van der Waals surface area contributed by atoms with E-state index in [2.05, 4.69) is 28.7 Å². The fraction of sp³-hybridized carbons (Fsp3) is 1.00. The number of rotatable bonds is 4. The molecule has 94 valence electrons. The van der Waals surface area contributed by atoms with E-state index in [0.717, 1.165) is 19.5 Å². The van der Waals surface area contributed by atoms with Crippen LogP contribution in [0.4, 0.5) is 0 Å². The van der Waals surface area contributed by atoms with Crippen LogP contribution in [-0.2, 0) is 0 Å². The highest BCUT2D eigenvalue weighted by Crippen LogP contribution is 2.20. The van der Waals surface area contributed by atoms with E-state index in [1.165, 1.54) is 39.3 Å². The van der Waals surface area contributed by atoms with Crippen LogP contribution in [0.3, 0.4) is 0 Å². The van der Waals surface area contributed by atoms with Gasteiger partial charge in [-0.2, -0.15) is 0 Å². The molecule has 2 aliphatic rings. The number of piperazine rings is 1. The van der Waals surface area contributed by atoms with E-state index in [1.807, 2.05) is 0 Å². The van der Waals surface area contributed by atoms with Crippen LogP contribution in [-0.4, -0.2) is 79.6 Å². The molecule has 4 heteroatoms. The van der Waals surface area contributed by atoms with Gasteiger partial charge in [0, 0.05) is 57.9 Å². The van der Waals surface area contributed by atoms with Crippen LogP contribution in [0.25, 0.3) is 0 Å². The van der Waals surface area contributed by atoms with Gasteiger partial charge < -0.3 is 10.6 Å². The first-order valence-corrected chi connectivity index (χ1v) is 6.53. The lowest BCUT2D eigenvalue weighted by molar-refractivity contribution is 0.0501. The third kappa shape index (κ3) is 2.94. The zero-order chi connectivity index (χ0) is 11.6. The molecule has 2 rings (SSSR count).